The van der Waals surface area contributed by atoms with Crippen LogP contribution in [0.4, 0.5) is 0 Å². The van der Waals surface area contributed by atoms with E-state index in [0.29, 0.717) is 12.6 Å². The molecule has 2 N–H and O–H groups in total. The molecule has 1 aliphatic rings. The van der Waals surface area contributed by atoms with Crippen LogP contribution in [-0.4, -0.2) is 24.8 Å². The number of nitrogens with one attached hydrogen (secondary N) is 1. The van der Waals surface area contributed by atoms with Gasteiger partial charge in [-0.05, 0) is 30.5 Å². The molecule has 1 atom stereocenters. The zero-order valence-corrected chi connectivity index (χ0v) is 12.5. The Balaban J connectivity index is 1.79. The molecule has 20 heavy (non-hydrogen) atoms. The van der Waals surface area contributed by atoms with Gasteiger partial charge in [-0.2, -0.15) is 0 Å². The number of hydrogen-bond acceptors (Lipinski definition) is 3. The number of methoxy groups -OCH3 is 1. The van der Waals surface area contributed by atoms with E-state index in [-0.39, 0.29) is 0 Å². The summed E-state index contributed by atoms with van der Waals surface area (Å²) in [5.74, 6) is 0.828. The second kappa shape index (κ2) is 8.28. The first kappa shape index (κ1) is 15.3. The van der Waals surface area contributed by atoms with Crippen molar-refractivity contribution in [3.63, 3.8) is 0 Å². The standard InChI is InChI=1S/C17H27NO2/c1-20-16-11-9-14(10-12-16)17(19)13-18-15-7-5-3-2-4-6-8-15/h9-12,15,17-19H,2-8,13H2,1H3. The van der Waals surface area contributed by atoms with Crippen molar-refractivity contribution in [2.45, 2.75) is 57.1 Å². The van der Waals surface area contributed by atoms with Gasteiger partial charge in [-0.3, -0.25) is 0 Å². The number of hydrogen-bond donors (Lipinski definition) is 2. The van der Waals surface area contributed by atoms with Crippen molar-refractivity contribution in [3.05, 3.63) is 29.8 Å². The molecule has 112 valence electrons. The lowest BCUT2D eigenvalue weighted by Crippen LogP contribution is -2.33. The molecular weight excluding hydrogens is 250 g/mol. The molecule has 0 aromatic heterocycles. The van der Waals surface area contributed by atoms with Crippen molar-refractivity contribution in [1.82, 2.24) is 5.32 Å². The highest BCUT2D eigenvalue weighted by Gasteiger charge is 2.13. The molecule has 1 aromatic carbocycles. The lowest BCUT2D eigenvalue weighted by Gasteiger charge is -2.23. The molecule has 1 unspecified atom stereocenters. The maximum absolute atomic E-state index is 10.2. The lowest BCUT2D eigenvalue weighted by atomic mass is 9.96. The topological polar surface area (TPSA) is 41.5 Å². The number of benzene rings is 1. The van der Waals surface area contributed by atoms with E-state index in [0.717, 1.165) is 11.3 Å². The van der Waals surface area contributed by atoms with Gasteiger partial charge in [0.2, 0.25) is 0 Å². The average molecular weight is 277 g/mol. The summed E-state index contributed by atoms with van der Waals surface area (Å²) < 4.78 is 5.13. The molecule has 0 amide bonds. The molecule has 1 aliphatic carbocycles. The van der Waals surface area contributed by atoms with Gasteiger partial charge in [-0.25, -0.2) is 0 Å². The maximum atomic E-state index is 10.2. The Labute approximate surface area is 122 Å². The molecule has 0 heterocycles. The summed E-state index contributed by atoms with van der Waals surface area (Å²) in [6.45, 7) is 0.636. The fraction of sp³-hybridized carbons (Fsp3) is 0.647. The second-order valence-electron chi connectivity index (χ2n) is 5.74. The SMILES string of the molecule is COc1ccc(C(O)CNC2CCCCCCC2)cc1. The second-order valence-corrected chi connectivity index (χ2v) is 5.74. The van der Waals surface area contributed by atoms with Gasteiger partial charge in [0.1, 0.15) is 5.75 Å². The summed E-state index contributed by atoms with van der Waals surface area (Å²) in [5, 5.41) is 13.8. The smallest absolute Gasteiger partial charge is 0.118 e. The Morgan fingerprint density at radius 3 is 2.30 bits per heavy atom. The summed E-state index contributed by atoms with van der Waals surface area (Å²) in [6.07, 6.45) is 8.79. The van der Waals surface area contributed by atoms with Crippen LogP contribution in [0, 0.1) is 0 Å². The lowest BCUT2D eigenvalue weighted by molar-refractivity contribution is 0.166. The molecule has 0 aliphatic heterocycles. The van der Waals surface area contributed by atoms with Gasteiger partial charge in [0.05, 0.1) is 13.2 Å². The van der Waals surface area contributed by atoms with Crippen LogP contribution in [0.25, 0.3) is 0 Å². The highest BCUT2D eigenvalue weighted by Crippen LogP contribution is 2.19. The van der Waals surface area contributed by atoms with E-state index in [1.165, 1.54) is 44.9 Å². The number of rotatable bonds is 5. The van der Waals surface area contributed by atoms with Crippen LogP contribution in [0.5, 0.6) is 5.75 Å². The Kier molecular flexibility index (Phi) is 6.34. The summed E-state index contributed by atoms with van der Waals surface area (Å²) in [6, 6.07) is 8.23. The molecule has 1 aromatic rings. The van der Waals surface area contributed by atoms with Crippen LogP contribution in [-0.2, 0) is 0 Å². The van der Waals surface area contributed by atoms with Crippen molar-refractivity contribution in [1.29, 1.82) is 0 Å². The van der Waals surface area contributed by atoms with Gasteiger partial charge < -0.3 is 15.2 Å². The van der Waals surface area contributed by atoms with Gasteiger partial charge in [-0.15, -0.1) is 0 Å². The molecule has 2 rings (SSSR count). The number of ether oxygens (including phenoxy) is 1. The van der Waals surface area contributed by atoms with Crippen LogP contribution in [0.3, 0.4) is 0 Å². The zero-order valence-electron chi connectivity index (χ0n) is 12.5. The highest BCUT2D eigenvalue weighted by molar-refractivity contribution is 5.28. The molecular formula is C17H27NO2. The van der Waals surface area contributed by atoms with E-state index in [9.17, 15) is 5.11 Å². The molecule has 0 radical (unpaired) electrons. The molecule has 0 bridgehead atoms. The molecule has 1 fully saturated rings. The summed E-state index contributed by atoms with van der Waals surface area (Å²) in [7, 11) is 1.65. The van der Waals surface area contributed by atoms with E-state index in [1.807, 2.05) is 24.3 Å². The minimum Gasteiger partial charge on any atom is -0.497 e. The summed E-state index contributed by atoms with van der Waals surface area (Å²) >= 11 is 0. The van der Waals surface area contributed by atoms with Crippen molar-refractivity contribution in [2.24, 2.45) is 0 Å². The predicted octanol–water partition coefficient (Wildman–Crippen LogP) is 3.43. The van der Waals surface area contributed by atoms with Gasteiger partial charge in [0.25, 0.3) is 0 Å². The molecule has 1 saturated carbocycles. The monoisotopic (exact) mass is 277 g/mol. The normalized spacial score (nSPS) is 19.1. The predicted molar refractivity (Wildman–Crippen MR) is 82.1 cm³/mol. The summed E-state index contributed by atoms with van der Waals surface area (Å²) in [5.41, 5.74) is 0.948. The third-order valence-corrected chi connectivity index (χ3v) is 4.21. The highest BCUT2D eigenvalue weighted by atomic mass is 16.5. The Hall–Kier alpha value is -1.06. The van der Waals surface area contributed by atoms with Gasteiger partial charge in [0.15, 0.2) is 0 Å². The Morgan fingerprint density at radius 1 is 1.10 bits per heavy atom. The van der Waals surface area contributed by atoms with Crippen LogP contribution in [0.15, 0.2) is 24.3 Å². The first-order valence-electron chi connectivity index (χ1n) is 7.85. The zero-order chi connectivity index (χ0) is 14.2. The molecule has 3 heteroatoms. The number of aliphatic hydroxyl groups excluding tert-OH is 1. The average Bonchev–Trinajstić information content (AvgIpc) is 2.46. The third kappa shape index (κ3) is 4.80. The first-order chi connectivity index (χ1) is 9.79. The van der Waals surface area contributed by atoms with E-state index < -0.39 is 6.10 Å². The van der Waals surface area contributed by atoms with E-state index in [2.05, 4.69) is 5.32 Å². The van der Waals surface area contributed by atoms with Gasteiger partial charge in [0, 0.05) is 12.6 Å². The van der Waals surface area contributed by atoms with Crippen molar-refractivity contribution in [3.8, 4) is 5.75 Å². The summed E-state index contributed by atoms with van der Waals surface area (Å²) in [4.78, 5) is 0. The Bertz CT molecular complexity index is 369. The minimum atomic E-state index is -0.439. The van der Waals surface area contributed by atoms with Crippen LogP contribution < -0.4 is 10.1 Å². The Morgan fingerprint density at radius 2 is 1.70 bits per heavy atom. The minimum absolute atomic E-state index is 0.439. The maximum Gasteiger partial charge on any atom is 0.118 e. The van der Waals surface area contributed by atoms with Crippen LogP contribution in [0.2, 0.25) is 0 Å². The van der Waals surface area contributed by atoms with Crippen molar-refractivity contribution in [2.75, 3.05) is 13.7 Å². The van der Waals surface area contributed by atoms with E-state index in [1.54, 1.807) is 7.11 Å². The van der Waals surface area contributed by atoms with Crippen molar-refractivity contribution < 1.29 is 9.84 Å². The molecule has 0 saturated heterocycles. The third-order valence-electron chi connectivity index (χ3n) is 4.21. The molecule has 0 spiro atoms. The van der Waals surface area contributed by atoms with Gasteiger partial charge in [-0.1, -0.05) is 44.2 Å². The number of aliphatic hydroxyl groups is 1. The quantitative estimate of drug-likeness (QED) is 0.866. The van der Waals surface area contributed by atoms with Gasteiger partial charge >= 0.3 is 0 Å². The van der Waals surface area contributed by atoms with Crippen LogP contribution in [0.1, 0.15) is 56.6 Å². The first-order valence-corrected chi connectivity index (χ1v) is 7.85. The van der Waals surface area contributed by atoms with Crippen molar-refractivity contribution >= 4 is 0 Å². The van der Waals surface area contributed by atoms with E-state index in [4.69, 9.17) is 4.74 Å². The fourth-order valence-corrected chi connectivity index (χ4v) is 2.88. The van der Waals surface area contributed by atoms with Crippen LogP contribution >= 0.6 is 0 Å². The molecule has 3 nitrogen and oxygen atoms in total. The largest absolute Gasteiger partial charge is 0.497 e. The van der Waals surface area contributed by atoms with E-state index >= 15 is 0 Å². The fourth-order valence-electron chi connectivity index (χ4n) is 2.88.